The molecule has 102 valence electrons. The van der Waals surface area contributed by atoms with E-state index in [-0.39, 0.29) is 5.97 Å². The molecule has 3 heteroatoms. The second kappa shape index (κ2) is 4.37. The Morgan fingerprint density at radius 3 is 1.85 bits per heavy atom. The predicted octanol–water partition coefficient (Wildman–Crippen LogP) is 3.70. The molecule has 0 bridgehead atoms. The molecule has 0 saturated carbocycles. The second-order valence-corrected chi connectivity index (χ2v) is 5.42. The van der Waals surface area contributed by atoms with Crippen LogP contribution < -0.4 is 0 Å². The first-order valence-corrected chi connectivity index (χ1v) is 6.64. The molecule has 1 aromatic heterocycles. The molecule has 0 aliphatic carbocycles. The van der Waals surface area contributed by atoms with Crippen LogP contribution in [-0.2, 0) is 15.1 Å². The summed E-state index contributed by atoms with van der Waals surface area (Å²) in [7, 11) is 1.43. The van der Waals surface area contributed by atoms with Crippen LogP contribution in [0, 0.1) is 0 Å². The number of methoxy groups -OCH3 is 1. The molecule has 3 rings (SSSR count). The fourth-order valence-electron chi connectivity index (χ4n) is 2.87. The minimum Gasteiger partial charge on any atom is -0.467 e. The van der Waals surface area contributed by atoms with Gasteiger partial charge in [-0.25, -0.2) is 4.79 Å². The molecule has 0 atom stereocenters. The van der Waals surface area contributed by atoms with E-state index in [1.807, 2.05) is 50.2 Å². The molecule has 0 N–H and O–H groups in total. The molecule has 0 aliphatic rings. The number of nitrogens with zero attached hydrogens (tertiary/aromatic N) is 1. The monoisotopic (exact) mass is 267 g/mol. The summed E-state index contributed by atoms with van der Waals surface area (Å²) in [4.78, 5) is 12.2. The number of rotatable bonds is 2. The second-order valence-electron chi connectivity index (χ2n) is 5.42. The molecule has 1 heterocycles. The van der Waals surface area contributed by atoms with Gasteiger partial charge in [-0.15, -0.1) is 0 Å². The van der Waals surface area contributed by atoms with E-state index in [0.717, 1.165) is 21.8 Å². The van der Waals surface area contributed by atoms with Crippen LogP contribution in [0.2, 0.25) is 0 Å². The van der Waals surface area contributed by atoms with E-state index in [1.54, 1.807) is 0 Å². The fraction of sp³-hybridized carbons (Fsp3) is 0.235. The third-order valence-corrected chi connectivity index (χ3v) is 3.82. The van der Waals surface area contributed by atoms with Gasteiger partial charge in [0, 0.05) is 10.8 Å². The molecular weight excluding hydrogens is 250 g/mol. The molecule has 0 radical (unpaired) electrons. The number of fused-ring (bicyclic) bond motifs is 3. The quantitative estimate of drug-likeness (QED) is 0.663. The maximum Gasteiger partial charge on any atom is 0.331 e. The zero-order valence-electron chi connectivity index (χ0n) is 11.9. The van der Waals surface area contributed by atoms with Gasteiger partial charge in [-0.05, 0) is 26.0 Å². The molecule has 0 unspecified atom stereocenters. The summed E-state index contributed by atoms with van der Waals surface area (Å²) in [5, 5.41) is 2.31. The number of carbonyl (C=O) groups excluding carboxylic acids is 1. The lowest BCUT2D eigenvalue weighted by atomic mass is 10.1. The summed E-state index contributed by atoms with van der Waals surface area (Å²) in [5.74, 6) is -0.246. The smallest absolute Gasteiger partial charge is 0.331 e. The zero-order valence-corrected chi connectivity index (χ0v) is 11.9. The molecule has 0 saturated heterocycles. The molecule has 3 nitrogen and oxygen atoms in total. The highest BCUT2D eigenvalue weighted by Crippen LogP contribution is 2.34. The van der Waals surface area contributed by atoms with Crippen LogP contribution in [0.15, 0.2) is 48.5 Å². The third kappa shape index (κ3) is 1.63. The molecule has 0 fully saturated rings. The topological polar surface area (TPSA) is 31.2 Å². The predicted molar refractivity (Wildman–Crippen MR) is 80.8 cm³/mol. The van der Waals surface area contributed by atoms with Gasteiger partial charge in [0.05, 0.1) is 18.1 Å². The van der Waals surface area contributed by atoms with E-state index >= 15 is 0 Å². The Kier molecular flexibility index (Phi) is 2.78. The number of aromatic nitrogens is 1. The van der Waals surface area contributed by atoms with Crippen LogP contribution in [0.4, 0.5) is 0 Å². The number of carbonyl (C=O) groups is 1. The number of hydrogen-bond donors (Lipinski definition) is 0. The average Bonchev–Trinajstić information content (AvgIpc) is 2.81. The molecule has 3 aromatic rings. The van der Waals surface area contributed by atoms with Crippen molar-refractivity contribution in [1.29, 1.82) is 0 Å². The number of ether oxygens (including phenoxy) is 1. The van der Waals surface area contributed by atoms with Crippen LogP contribution in [0.1, 0.15) is 13.8 Å². The highest BCUT2D eigenvalue weighted by atomic mass is 16.5. The maximum absolute atomic E-state index is 12.2. The Morgan fingerprint density at radius 2 is 1.40 bits per heavy atom. The van der Waals surface area contributed by atoms with Crippen LogP contribution >= 0.6 is 0 Å². The van der Waals surface area contributed by atoms with E-state index in [1.165, 1.54) is 7.11 Å². The summed E-state index contributed by atoms with van der Waals surface area (Å²) < 4.78 is 7.04. The van der Waals surface area contributed by atoms with Gasteiger partial charge in [0.1, 0.15) is 5.54 Å². The number of para-hydroxylation sites is 2. The van der Waals surface area contributed by atoms with Crippen molar-refractivity contribution < 1.29 is 9.53 Å². The first kappa shape index (κ1) is 12.7. The van der Waals surface area contributed by atoms with Crippen molar-refractivity contribution in [3.63, 3.8) is 0 Å². The van der Waals surface area contributed by atoms with Crippen molar-refractivity contribution in [3.8, 4) is 0 Å². The van der Waals surface area contributed by atoms with Gasteiger partial charge in [0.15, 0.2) is 0 Å². The summed E-state index contributed by atoms with van der Waals surface area (Å²) in [6.07, 6.45) is 0. The minimum absolute atomic E-state index is 0.246. The van der Waals surface area contributed by atoms with E-state index in [2.05, 4.69) is 16.7 Å². The van der Waals surface area contributed by atoms with Gasteiger partial charge >= 0.3 is 5.97 Å². The first-order valence-electron chi connectivity index (χ1n) is 6.64. The highest BCUT2D eigenvalue weighted by Gasteiger charge is 2.33. The van der Waals surface area contributed by atoms with Gasteiger partial charge in [0.25, 0.3) is 0 Å². The van der Waals surface area contributed by atoms with Crippen molar-refractivity contribution in [2.24, 2.45) is 0 Å². The van der Waals surface area contributed by atoms with Crippen molar-refractivity contribution in [2.75, 3.05) is 7.11 Å². The van der Waals surface area contributed by atoms with Crippen LogP contribution in [0.5, 0.6) is 0 Å². The molecule has 0 spiro atoms. The summed E-state index contributed by atoms with van der Waals surface area (Å²) >= 11 is 0. The van der Waals surface area contributed by atoms with Crippen molar-refractivity contribution in [2.45, 2.75) is 19.4 Å². The fourth-order valence-corrected chi connectivity index (χ4v) is 2.87. The third-order valence-electron chi connectivity index (χ3n) is 3.82. The Hall–Kier alpha value is -2.29. The lowest BCUT2D eigenvalue weighted by Gasteiger charge is -2.26. The Balaban J connectivity index is 2.46. The zero-order chi connectivity index (χ0) is 14.3. The van der Waals surface area contributed by atoms with Crippen molar-refractivity contribution >= 4 is 27.8 Å². The maximum atomic E-state index is 12.2. The normalized spacial score (nSPS) is 11.9. The van der Waals surface area contributed by atoms with Crippen LogP contribution in [0.25, 0.3) is 21.8 Å². The largest absolute Gasteiger partial charge is 0.467 e. The van der Waals surface area contributed by atoms with E-state index < -0.39 is 5.54 Å². The molecule has 0 amide bonds. The van der Waals surface area contributed by atoms with Gasteiger partial charge in [-0.2, -0.15) is 0 Å². The molecule has 2 aromatic carbocycles. The van der Waals surface area contributed by atoms with E-state index in [0.29, 0.717) is 0 Å². The summed E-state index contributed by atoms with van der Waals surface area (Å²) in [6.45, 7) is 3.77. The molecule has 20 heavy (non-hydrogen) atoms. The first-order chi connectivity index (χ1) is 9.57. The number of benzene rings is 2. The van der Waals surface area contributed by atoms with E-state index in [4.69, 9.17) is 4.74 Å². The number of esters is 1. The molecular formula is C17H17NO2. The van der Waals surface area contributed by atoms with Crippen LogP contribution in [0.3, 0.4) is 0 Å². The highest BCUT2D eigenvalue weighted by molar-refractivity contribution is 6.09. The lowest BCUT2D eigenvalue weighted by molar-refractivity contribution is -0.149. The minimum atomic E-state index is -0.753. The van der Waals surface area contributed by atoms with Gasteiger partial charge in [0.2, 0.25) is 0 Å². The van der Waals surface area contributed by atoms with Crippen molar-refractivity contribution in [1.82, 2.24) is 4.57 Å². The Bertz CT molecular complexity index is 746. The lowest BCUT2D eigenvalue weighted by Crippen LogP contribution is -2.36. The SMILES string of the molecule is COC(=O)C(C)(C)n1c2ccccc2c2ccccc21. The van der Waals surface area contributed by atoms with Crippen LogP contribution in [-0.4, -0.2) is 17.6 Å². The summed E-state index contributed by atoms with van der Waals surface area (Å²) in [5.41, 5.74) is 1.34. The van der Waals surface area contributed by atoms with Gasteiger partial charge < -0.3 is 9.30 Å². The summed E-state index contributed by atoms with van der Waals surface area (Å²) in [6, 6.07) is 16.3. The average molecular weight is 267 g/mol. The van der Waals surface area contributed by atoms with Gasteiger partial charge in [-0.1, -0.05) is 36.4 Å². The number of hydrogen-bond acceptors (Lipinski definition) is 2. The Labute approximate surface area is 117 Å². The Morgan fingerprint density at radius 1 is 0.950 bits per heavy atom. The van der Waals surface area contributed by atoms with Crippen molar-refractivity contribution in [3.05, 3.63) is 48.5 Å². The van der Waals surface area contributed by atoms with E-state index in [9.17, 15) is 4.79 Å². The standard InChI is InChI=1S/C17H17NO2/c1-17(2,16(19)20-3)18-14-10-6-4-8-12(14)13-9-5-7-11-15(13)18/h4-11H,1-3H3. The molecule has 0 aliphatic heterocycles. The van der Waals surface area contributed by atoms with Gasteiger partial charge in [-0.3, -0.25) is 0 Å².